The van der Waals surface area contributed by atoms with E-state index in [1.807, 2.05) is 26.1 Å². The normalized spacial score (nSPS) is 11.4. The molecule has 1 rings (SSSR count). The van der Waals surface area contributed by atoms with E-state index in [0.717, 1.165) is 18.4 Å². The number of methoxy groups -OCH3 is 2. The highest BCUT2D eigenvalue weighted by molar-refractivity contribution is 6.32. The Hall–Kier alpha value is -1.37. The van der Waals surface area contributed by atoms with E-state index in [-0.39, 0.29) is 6.04 Å². The first-order valence-corrected chi connectivity index (χ1v) is 6.54. The smallest absolute Gasteiger partial charge is 0.179 e. The Morgan fingerprint density at radius 1 is 1.32 bits per heavy atom. The van der Waals surface area contributed by atoms with Gasteiger partial charge in [-0.2, -0.15) is 0 Å². The van der Waals surface area contributed by atoms with Crippen molar-refractivity contribution in [2.24, 2.45) is 0 Å². The van der Waals surface area contributed by atoms with Crippen molar-refractivity contribution < 1.29 is 9.47 Å². The maximum atomic E-state index is 6.22. The van der Waals surface area contributed by atoms with Crippen LogP contribution in [0.2, 0.25) is 5.02 Å². The molecule has 1 atom stereocenters. The molecule has 0 aliphatic rings. The minimum atomic E-state index is 0.193. The topological polar surface area (TPSA) is 30.5 Å². The van der Waals surface area contributed by atoms with Crippen LogP contribution in [0, 0.1) is 11.8 Å². The molecule has 0 saturated heterocycles. The molecule has 0 aromatic heterocycles. The lowest BCUT2D eigenvalue weighted by Crippen LogP contribution is -2.16. The van der Waals surface area contributed by atoms with Gasteiger partial charge in [0.1, 0.15) is 0 Å². The summed E-state index contributed by atoms with van der Waals surface area (Å²) in [6, 6.07) is 4.05. The Kier molecular flexibility index (Phi) is 6.55. The van der Waals surface area contributed by atoms with Crippen LogP contribution in [0.3, 0.4) is 0 Å². The van der Waals surface area contributed by atoms with Gasteiger partial charge in [0, 0.05) is 12.5 Å². The lowest BCUT2D eigenvalue weighted by molar-refractivity contribution is 0.354. The van der Waals surface area contributed by atoms with Crippen molar-refractivity contribution in [3.05, 3.63) is 22.7 Å². The Bertz CT molecular complexity index is 477. The second kappa shape index (κ2) is 7.93. The third kappa shape index (κ3) is 4.05. The van der Waals surface area contributed by atoms with Gasteiger partial charge >= 0.3 is 0 Å². The molecule has 19 heavy (non-hydrogen) atoms. The fourth-order valence-electron chi connectivity index (χ4n) is 1.96. The largest absolute Gasteiger partial charge is 0.493 e. The first kappa shape index (κ1) is 15.7. The Labute approximate surface area is 120 Å². The quantitative estimate of drug-likeness (QED) is 0.811. The maximum Gasteiger partial charge on any atom is 0.179 e. The average Bonchev–Trinajstić information content (AvgIpc) is 2.42. The van der Waals surface area contributed by atoms with Crippen LogP contribution in [-0.2, 0) is 0 Å². The highest BCUT2D eigenvalue weighted by atomic mass is 35.5. The summed E-state index contributed by atoms with van der Waals surface area (Å²) in [5, 5.41) is 3.82. The standard InChI is InChI=1S/C15H20ClNO2/c1-5-6-7-8-13(17-2)11-9-12(16)15(19-4)14(10-11)18-3/h9-10,13,17H,7-8H2,1-4H3. The molecule has 1 unspecified atom stereocenters. The van der Waals surface area contributed by atoms with Crippen molar-refractivity contribution in [2.75, 3.05) is 21.3 Å². The van der Waals surface area contributed by atoms with Crippen LogP contribution in [0.1, 0.15) is 31.4 Å². The summed E-state index contributed by atoms with van der Waals surface area (Å²) in [6.07, 6.45) is 1.76. The minimum Gasteiger partial charge on any atom is -0.493 e. The number of hydrogen-bond donors (Lipinski definition) is 1. The van der Waals surface area contributed by atoms with Gasteiger partial charge in [-0.25, -0.2) is 0 Å². The number of benzene rings is 1. The monoisotopic (exact) mass is 281 g/mol. The second-order valence-corrected chi connectivity index (χ2v) is 4.45. The predicted octanol–water partition coefficient (Wildman–Crippen LogP) is 3.42. The molecule has 0 fully saturated rings. The SMILES string of the molecule is CC#CCCC(NC)c1cc(Cl)c(OC)c(OC)c1. The second-order valence-electron chi connectivity index (χ2n) is 4.04. The van der Waals surface area contributed by atoms with Crippen LogP contribution >= 0.6 is 11.6 Å². The minimum absolute atomic E-state index is 0.193. The van der Waals surface area contributed by atoms with Crippen LogP contribution in [0.15, 0.2) is 12.1 Å². The first-order chi connectivity index (χ1) is 9.17. The third-order valence-corrected chi connectivity index (χ3v) is 3.22. The van der Waals surface area contributed by atoms with Crippen LogP contribution in [0.4, 0.5) is 0 Å². The van der Waals surface area contributed by atoms with Gasteiger partial charge in [0.15, 0.2) is 11.5 Å². The van der Waals surface area contributed by atoms with E-state index in [0.29, 0.717) is 16.5 Å². The van der Waals surface area contributed by atoms with E-state index in [1.165, 1.54) is 0 Å². The van der Waals surface area contributed by atoms with Crippen LogP contribution in [0.5, 0.6) is 11.5 Å². The van der Waals surface area contributed by atoms with Crippen LogP contribution in [-0.4, -0.2) is 21.3 Å². The van der Waals surface area contributed by atoms with Gasteiger partial charge in [-0.1, -0.05) is 11.6 Å². The summed E-state index contributed by atoms with van der Waals surface area (Å²) < 4.78 is 10.5. The van der Waals surface area contributed by atoms with Gasteiger partial charge < -0.3 is 14.8 Å². The lowest BCUT2D eigenvalue weighted by Gasteiger charge is -2.18. The third-order valence-electron chi connectivity index (χ3n) is 2.94. The summed E-state index contributed by atoms with van der Waals surface area (Å²) in [4.78, 5) is 0. The van der Waals surface area contributed by atoms with Crippen molar-refractivity contribution in [3.63, 3.8) is 0 Å². The molecular formula is C15H20ClNO2. The summed E-state index contributed by atoms with van der Waals surface area (Å²) in [5.41, 5.74) is 1.07. The summed E-state index contributed by atoms with van der Waals surface area (Å²) in [5.74, 6) is 7.18. The molecule has 3 nitrogen and oxygen atoms in total. The molecule has 0 amide bonds. The van der Waals surface area contributed by atoms with Gasteiger partial charge in [-0.05, 0) is 38.1 Å². The lowest BCUT2D eigenvalue weighted by atomic mass is 10.0. The van der Waals surface area contributed by atoms with E-state index < -0.39 is 0 Å². The molecule has 104 valence electrons. The van der Waals surface area contributed by atoms with Crippen LogP contribution < -0.4 is 14.8 Å². The Morgan fingerprint density at radius 3 is 2.58 bits per heavy atom. The van der Waals surface area contributed by atoms with E-state index in [4.69, 9.17) is 21.1 Å². The zero-order valence-corrected chi connectivity index (χ0v) is 12.6. The molecule has 0 bridgehead atoms. The molecule has 4 heteroatoms. The summed E-state index contributed by atoms with van der Waals surface area (Å²) in [7, 11) is 5.11. The summed E-state index contributed by atoms with van der Waals surface area (Å²) >= 11 is 6.22. The molecule has 0 saturated carbocycles. The molecule has 1 N–H and O–H groups in total. The van der Waals surface area contributed by atoms with Gasteiger partial charge in [0.25, 0.3) is 0 Å². The molecule has 1 aromatic rings. The fraction of sp³-hybridized carbons (Fsp3) is 0.467. The Balaban J connectivity index is 3.03. The molecule has 0 aliphatic heterocycles. The number of rotatable bonds is 6. The first-order valence-electron chi connectivity index (χ1n) is 6.16. The van der Waals surface area contributed by atoms with E-state index in [2.05, 4.69) is 17.2 Å². The van der Waals surface area contributed by atoms with E-state index in [9.17, 15) is 0 Å². The predicted molar refractivity (Wildman–Crippen MR) is 79.0 cm³/mol. The van der Waals surface area contributed by atoms with E-state index >= 15 is 0 Å². The number of ether oxygens (including phenoxy) is 2. The van der Waals surface area contributed by atoms with Crippen molar-refractivity contribution in [1.29, 1.82) is 0 Å². The van der Waals surface area contributed by atoms with Crippen molar-refractivity contribution >= 4 is 11.6 Å². The maximum absolute atomic E-state index is 6.22. The zero-order chi connectivity index (χ0) is 14.3. The fourth-order valence-corrected chi connectivity index (χ4v) is 2.25. The van der Waals surface area contributed by atoms with Crippen molar-refractivity contribution in [3.8, 4) is 23.3 Å². The van der Waals surface area contributed by atoms with Gasteiger partial charge in [0.2, 0.25) is 0 Å². The molecule has 0 radical (unpaired) electrons. The van der Waals surface area contributed by atoms with Crippen molar-refractivity contribution in [1.82, 2.24) is 5.32 Å². The molecule has 0 spiro atoms. The van der Waals surface area contributed by atoms with E-state index in [1.54, 1.807) is 14.2 Å². The van der Waals surface area contributed by atoms with Gasteiger partial charge in [0.05, 0.1) is 19.2 Å². The number of halogens is 1. The highest BCUT2D eigenvalue weighted by Crippen LogP contribution is 2.38. The highest BCUT2D eigenvalue weighted by Gasteiger charge is 2.15. The average molecular weight is 282 g/mol. The molecule has 0 heterocycles. The number of nitrogens with one attached hydrogen (secondary N) is 1. The van der Waals surface area contributed by atoms with Crippen LogP contribution in [0.25, 0.3) is 0 Å². The van der Waals surface area contributed by atoms with Gasteiger partial charge in [-0.15, -0.1) is 11.8 Å². The van der Waals surface area contributed by atoms with Crippen molar-refractivity contribution in [2.45, 2.75) is 25.8 Å². The van der Waals surface area contributed by atoms with Gasteiger partial charge in [-0.3, -0.25) is 0 Å². The number of hydrogen-bond acceptors (Lipinski definition) is 3. The molecule has 1 aromatic carbocycles. The zero-order valence-electron chi connectivity index (χ0n) is 11.8. The molecule has 0 aliphatic carbocycles. The summed E-state index contributed by atoms with van der Waals surface area (Å²) in [6.45, 7) is 1.85. The Morgan fingerprint density at radius 2 is 2.05 bits per heavy atom. The molecular weight excluding hydrogens is 262 g/mol.